The molecule has 1 fully saturated rings. The third kappa shape index (κ3) is 2.07. The third-order valence-electron chi connectivity index (χ3n) is 2.54. The molecule has 0 unspecified atom stereocenters. The lowest BCUT2D eigenvalue weighted by Gasteiger charge is -2.07. The minimum Gasteiger partial charge on any atom is -0.390 e. The van der Waals surface area contributed by atoms with Crippen LogP contribution < -0.4 is 0 Å². The van der Waals surface area contributed by atoms with Gasteiger partial charge in [0.25, 0.3) is 0 Å². The highest BCUT2D eigenvalue weighted by Gasteiger charge is 2.39. The smallest absolute Gasteiger partial charge is 0.115 e. The fourth-order valence-electron chi connectivity index (χ4n) is 1.45. The predicted octanol–water partition coefficient (Wildman–Crippen LogP) is 2.22. The normalized spacial score (nSPS) is 18.6. The molecule has 0 bridgehead atoms. The molecule has 0 amide bonds. The zero-order valence-electron chi connectivity index (χ0n) is 7.46. The van der Waals surface area contributed by atoms with Gasteiger partial charge in [0.15, 0.2) is 0 Å². The van der Waals surface area contributed by atoms with E-state index in [-0.39, 0.29) is 0 Å². The summed E-state index contributed by atoms with van der Waals surface area (Å²) in [6.45, 7) is -0.412. The standard InChI is InChI=1S/C11H13FO/c12-8-10-3-1-9(2-4-10)7-11(13)5-6-11/h1-4,13H,5-8H2. The van der Waals surface area contributed by atoms with Crippen molar-refractivity contribution in [2.45, 2.75) is 31.5 Å². The fraction of sp³-hybridized carbons (Fsp3) is 0.455. The van der Waals surface area contributed by atoms with Crippen LogP contribution in [0.1, 0.15) is 24.0 Å². The molecule has 2 heteroatoms. The number of aliphatic hydroxyl groups is 1. The first-order chi connectivity index (χ1) is 6.22. The van der Waals surface area contributed by atoms with Gasteiger partial charge in [-0.15, -0.1) is 0 Å². The minimum absolute atomic E-state index is 0.412. The molecule has 1 aromatic carbocycles. The second kappa shape index (κ2) is 3.11. The van der Waals surface area contributed by atoms with Gasteiger partial charge < -0.3 is 5.11 Å². The zero-order valence-corrected chi connectivity index (χ0v) is 7.46. The molecule has 13 heavy (non-hydrogen) atoms. The molecule has 1 aliphatic carbocycles. The Balaban J connectivity index is 2.05. The second-order valence-corrected chi connectivity index (χ2v) is 3.85. The maximum atomic E-state index is 12.2. The van der Waals surface area contributed by atoms with Crippen molar-refractivity contribution in [2.24, 2.45) is 0 Å². The van der Waals surface area contributed by atoms with Gasteiger partial charge in [-0.2, -0.15) is 0 Å². The zero-order chi connectivity index (χ0) is 9.31. The summed E-state index contributed by atoms with van der Waals surface area (Å²) in [6, 6.07) is 7.35. The van der Waals surface area contributed by atoms with E-state index in [9.17, 15) is 9.50 Å². The van der Waals surface area contributed by atoms with Crippen molar-refractivity contribution in [3.63, 3.8) is 0 Å². The molecule has 2 rings (SSSR count). The lowest BCUT2D eigenvalue weighted by atomic mass is 10.1. The fourth-order valence-corrected chi connectivity index (χ4v) is 1.45. The Morgan fingerprint density at radius 2 is 1.69 bits per heavy atom. The molecule has 0 aliphatic heterocycles. The van der Waals surface area contributed by atoms with Crippen LogP contribution in [-0.4, -0.2) is 10.7 Å². The van der Waals surface area contributed by atoms with Crippen LogP contribution in [0.3, 0.4) is 0 Å². The molecule has 70 valence electrons. The topological polar surface area (TPSA) is 20.2 Å². The Kier molecular flexibility index (Phi) is 2.08. The molecular formula is C11H13FO. The number of halogens is 1. The molecule has 1 aliphatic rings. The van der Waals surface area contributed by atoms with Gasteiger partial charge in [-0.3, -0.25) is 0 Å². The molecular weight excluding hydrogens is 167 g/mol. The molecule has 1 nitrogen and oxygen atoms in total. The highest BCUT2D eigenvalue weighted by molar-refractivity contribution is 5.24. The van der Waals surface area contributed by atoms with Gasteiger partial charge in [-0.1, -0.05) is 24.3 Å². The van der Waals surface area contributed by atoms with Gasteiger partial charge in [0.2, 0.25) is 0 Å². The van der Waals surface area contributed by atoms with Gasteiger partial charge >= 0.3 is 0 Å². The van der Waals surface area contributed by atoms with Crippen molar-refractivity contribution >= 4 is 0 Å². The van der Waals surface area contributed by atoms with Crippen LogP contribution in [0, 0.1) is 0 Å². The molecule has 1 aromatic rings. The van der Waals surface area contributed by atoms with Gasteiger partial charge in [-0.25, -0.2) is 4.39 Å². The van der Waals surface area contributed by atoms with E-state index in [1.165, 1.54) is 0 Å². The van der Waals surface area contributed by atoms with E-state index in [0.29, 0.717) is 12.0 Å². The first-order valence-corrected chi connectivity index (χ1v) is 4.58. The lowest BCUT2D eigenvalue weighted by Crippen LogP contribution is -2.10. The summed E-state index contributed by atoms with van der Waals surface area (Å²) in [5.41, 5.74) is 1.35. The monoisotopic (exact) mass is 180 g/mol. The Morgan fingerprint density at radius 1 is 1.15 bits per heavy atom. The first kappa shape index (κ1) is 8.70. The van der Waals surface area contributed by atoms with Crippen molar-refractivity contribution in [3.05, 3.63) is 35.4 Å². The summed E-state index contributed by atoms with van der Waals surface area (Å²) in [4.78, 5) is 0. The van der Waals surface area contributed by atoms with Gasteiger partial charge in [0, 0.05) is 6.42 Å². The number of rotatable bonds is 3. The van der Waals surface area contributed by atoms with E-state index in [1.54, 1.807) is 12.1 Å². The summed E-state index contributed by atoms with van der Waals surface area (Å²) < 4.78 is 12.2. The molecule has 0 spiro atoms. The number of benzene rings is 1. The molecule has 0 atom stereocenters. The number of alkyl halides is 1. The van der Waals surface area contributed by atoms with E-state index in [4.69, 9.17) is 0 Å². The average Bonchev–Trinajstić information content (AvgIpc) is 2.85. The second-order valence-electron chi connectivity index (χ2n) is 3.85. The van der Waals surface area contributed by atoms with Gasteiger partial charge in [0.1, 0.15) is 6.67 Å². The summed E-state index contributed by atoms with van der Waals surface area (Å²) in [6.07, 6.45) is 2.51. The van der Waals surface area contributed by atoms with Crippen LogP contribution in [0.5, 0.6) is 0 Å². The highest BCUT2D eigenvalue weighted by atomic mass is 19.1. The van der Waals surface area contributed by atoms with Crippen LogP contribution in [0.2, 0.25) is 0 Å². The van der Waals surface area contributed by atoms with Crippen molar-refractivity contribution < 1.29 is 9.50 Å². The first-order valence-electron chi connectivity index (χ1n) is 4.58. The molecule has 0 aromatic heterocycles. The molecule has 0 saturated heterocycles. The van der Waals surface area contributed by atoms with E-state index < -0.39 is 12.3 Å². The summed E-state index contributed by atoms with van der Waals surface area (Å²) in [7, 11) is 0. The van der Waals surface area contributed by atoms with Crippen LogP contribution in [-0.2, 0) is 13.1 Å². The van der Waals surface area contributed by atoms with Gasteiger partial charge in [-0.05, 0) is 24.0 Å². The van der Waals surface area contributed by atoms with E-state index >= 15 is 0 Å². The Hall–Kier alpha value is -0.890. The quantitative estimate of drug-likeness (QED) is 0.756. The van der Waals surface area contributed by atoms with Crippen LogP contribution in [0.4, 0.5) is 4.39 Å². The Labute approximate surface area is 77.2 Å². The third-order valence-corrected chi connectivity index (χ3v) is 2.54. The largest absolute Gasteiger partial charge is 0.390 e. The maximum Gasteiger partial charge on any atom is 0.115 e. The number of hydrogen-bond acceptors (Lipinski definition) is 1. The minimum atomic E-state index is -0.447. The van der Waals surface area contributed by atoms with Crippen molar-refractivity contribution in [1.29, 1.82) is 0 Å². The van der Waals surface area contributed by atoms with Crippen LogP contribution >= 0.6 is 0 Å². The molecule has 1 N–H and O–H groups in total. The summed E-state index contributed by atoms with van der Waals surface area (Å²) >= 11 is 0. The molecule has 0 radical (unpaired) electrons. The van der Waals surface area contributed by atoms with Crippen LogP contribution in [0.15, 0.2) is 24.3 Å². The summed E-state index contributed by atoms with van der Waals surface area (Å²) in [5.74, 6) is 0. The van der Waals surface area contributed by atoms with Gasteiger partial charge in [0.05, 0.1) is 5.60 Å². The summed E-state index contributed by atoms with van der Waals surface area (Å²) in [5, 5.41) is 9.63. The van der Waals surface area contributed by atoms with E-state index in [2.05, 4.69) is 0 Å². The molecule has 0 heterocycles. The lowest BCUT2D eigenvalue weighted by molar-refractivity contribution is 0.151. The van der Waals surface area contributed by atoms with Crippen molar-refractivity contribution in [1.82, 2.24) is 0 Å². The Morgan fingerprint density at radius 3 is 2.15 bits per heavy atom. The van der Waals surface area contributed by atoms with Crippen LogP contribution in [0.25, 0.3) is 0 Å². The van der Waals surface area contributed by atoms with Crippen molar-refractivity contribution in [2.75, 3.05) is 0 Å². The van der Waals surface area contributed by atoms with E-state index in [0.717, 1.165) is 18.4 Å². The predicted molar refractivity (Wildman–Crippen MR) is 49.1 cm³/mol. The maximum absolute atomic E-state index is 12.2. The average molecular weight is 180 g/mol. The van der Waals surface area contributed by atoms with E-state index in [1.807, 2.05) is 12.1 Å². The number of hydrogen-bond donors (Lipinski definition) is 1. The molecule has 1 saturated carbocycles. The SMILES string of the molecule is OC1(Cc2ccc(CF)cc2)CC1. The Bertz CT molecular complexity index is 287. The van der Waals surface area contributed by atoms with Crippen molar-refractivity contribution in [3.8, 4) is 0 Å². The highest BCUT2D eigenvalue weighted by Crippen LogP contribution is 2.38.